The van der Waals surface area contributed by atoms with Crippen molar-refractivity contribution in [2.24, 2.45) is 7.05 Å². The molecule has 0 bridgehead atoms. The minimum Gasteiger partial charge on any atom is -0.381 e. The molecule has 0 saturated carbocycles. The Kier molecular flexibility index (Phi) is 4.81. The summed E-state index contributed by atoms with van der Waals surface area (Å²) >= 11 is 0. The second-order valence-corrected chi connectivity index (χ2v) is 6.16. The molecule has 2 heterocycles. The zero-order valence-electron chi connectivity index (χ0n) is 14.2. The van der Waals surface area contributed by atoms with Gasteiger partial charge in [-0.3, -0.25) is 9.48 Å². The number of nitrogens with zero attached hydrogens (tertiary/aromatic N) is 3. The van der Waals surface area contributed by atoms with E-state index in [-0.39, 0.29) is 5.91 Å². The lowest BCUT2D eigenvalue weighted by Crippen LogP contribution is -2.28. The predicted octanol–water partition coefficient (Wildman–Crippen LogP) is 2.95. The number of benzene rings is 1. The second-order valence-electron chi connectivity index (χ2n) is 6.16. The summed E-state index contributed by atoms with van der Waals surface area (Å²) < 4.78 is 7.27. The van der Waals surface area contributed by atoms with E-state index in [1.54, 1.807) is 4.90 Å². The quantitative estimate of drug-likeness (QED) is 0.794. The molecule has 1 aromatic heterocycles. The van der Waals surface area contributed by atoms with Crippen molar-refractivity contribution in [3.8, 4) is 0 Å². The number of hydrogen-bond donors (Lipinski definition) is 0. The van der Waals surface area contributed by atoms with Crippen molar-refractivity contribution in [3.05, 3.63) is 59.9 Å². The molecule has 1 unspecified atom stereocenters. The van der Waals surface area contributed by atoms with Crippen LogP contribution in [0.3, 0.4) is 0 Å². The monoisotopic (exact) mass is 325 g/mol. The lowest BCUT2D eigenvalue weighted by Gasteiger charge is -2.22. The van der Waals surface area contributed by atoms with Crippen LogP contribution in [0, 0.1) is 6.92 Å². The number of rotatable bonds is 5. The van der Waals surface area contributed by atoms with Crippen LogP contribution in [0.1, 0.15) is 29.2 Å². The van der Waals surface area contributed by atoms with E-state index < -0.39 is 0 Å². The molecule has 1 aliphatic heterocycles. The van der Waals surface area contributed by atoms with Crippen LogP contribution in [-0.2, 0) is 23.1 Å². The van der Waals surface area contributed by atoms with Gasteiger partial charge in [0.2, 0.25) is 0 Å². The van der Waals surface area contributed by atoms with E-state index in [4.69, 9.17) is 4.74 Å². The van der Waals surface area contributed by atoms with Crippen LogP contribution in [0.2, 0.25) is 0 Å². The molecule has 1 aliphatic rings. The molecule has 5 heteroatoms. The summed E-state index contributed by atoms with van der Waals surface area (Å²) in [6, 6.07) is 8.18. The van der Waals surface area contributed by atoms with Crippen LogP contribution >= 0.6 is 0 Å². The Bertz CT molecular complexity index is 728. The van der Waals surface area contributed by atoms with E-state index in [1.807, 2.05) is 37.0 Å². The zero-order valence-corrected chi connectivity index (χ0v) is 14.2. The third kappa shape index (κ3) is 3.26. The molecular weight excluding hydrogens is 302 g/mol. The Labute approximate surface area is 142 Å². The van der Waals surface area contributed by atoms with Crippen LogP contribution in [0.25, 0.3) is 0 Å². The van der Waals surface area contributed by atoms with Crippen LogP contribution in [0.5, 0.6) is 0 Å². The van der Waals surface area contributed by atoms with Crippen LogP contribution < -0.4 is 4.90 Å². The normalized spacial score (nSPS) is 17.0. The van der Waals surface area contributed by atoms with E-state index in [2.05, 4.69) is 23.8 Å². The standard InChI is InChI=1S/C19H23N3O2/c1-4-19(23)22(12-17-11-20-21(3)14(17)2)18-7-5-15(6-8-18)16-9-10-24-13-16/h4-8,11,16H,1,9-10,12-13H2,2-3H3. The number of aromatic nitrogens is 2. The van der Waals surface area contributed by atoms with Crippen molar-refractivity contribution in [2.45, 2.75) is 25.8 Å². The summed E-state index contributed by atoms with van der Waals surface area (Å²) in [6.07, 6.45) is 4.22. The minimum absolute atomic E-state index is 0.116. The van der Waals surface area contributed by atoms with Crippen LogP contribution in [0.15, 0.2) is 43.1 Å². The first-order chi connectivity index (χ1) is 11.6. The van der Waals surface area contributed by atoms with Gasteiger partial charge in [0, 0.05) is 36.5 Å². The number of anilines is 1. The number of ether oxygens (including phenoxy) is 1. The largest absolute Gasteiger partial charge is 0.381 e. The average Bonchev–Trinajstić information content (AvgIpc) is 3.25. The van der Waals surface area contributed by atoms with Gasteiger partial charge in [-0.25, -0.2) is 0 Å². The molecule has 1 atom stereocenters. The molecule has 0 radical (unpaired) electrons. The summed E-state index contributed by atoms with van der Waals surface area (Å²) in [5.41, 5.74) is 4.21. The van der Waals surface area contributed by atoms with Gasteiger partial charge in [-0.1, -0.05) is 18.7 Å². The fourth-order valence-corrected chi connectivity index (χ4v) is 3.00. The van der Waals surface area contributed by atoms with Gasteiger partial charge in [0.05, 0.1) is 19.3 Å². The van der Waals surface area contributed by atoms with Gasteiger partial charge in [0.15, 0.2) is 0 Å². The molecule has 126 valence electrons. The van der Waals surface area contributed by atoms with Gasteiger partial charge < -0.3 is 9.64 Å². The second kappa shape index (κ2) is 7.01. The van der Waals surface area contributed by atoms with Gasteiger partial charge >= 0.3 is 0 Å². The number of carbonyl (C=O) groups is 1. The summed E-state index contributed by atoms with van der Waals surface area (Å²) in [6.45, 7) is 7.72. The molecule has 1 amide bonds. The number of amides is 1. The van der Waals surface area contributed by atoms with Gasteiger partial charge in [-0.15, -0.1) is 0 Å². The summed E-state index contributed by atoms with van der Waals surface area (Å²) in [4.78, 5) is 14.1. The van der Waals surface area contributed by atoms with Crippen molar-refractivity contribution in [1.29, 1.82) is 0 Å². The van der Waals surface area contributed by atoms with Crippen molar-refractivity contribution in [3.63, 3.8) is 0 Å². The minimum atomic E-state index is -0.116. The molecule has 0 N–H and O–H groups in total. The third-order valence-electron chi connectivity index (χ3n) is 4.71. The number of carbonyl (C=O) groups excluding carboxylic acids is 1. The Hall–Kier alpha value is -2.40. The fraction of sp³-hybridized carbons (Fsp3) is 0.368. The summed E-state index contributed by atoms with van der Waals surface area (Å²) in [5, 5.41) is 4.25. The van der Waals surface area contributed by atoms with Crippen LogP contribution in [0.4, 0.5) is 5.69 Å². The molecule has 0 aliphatic carbocycles. The van der Waals surface area contributed by atoms with E-state index in [1.165, 1.54) is 11.6 Å². The molecule has 0 spiro atoms. The molecule has 5 nitrogen and oxygen atoms in total. The number of aryl methyl sites for hydroxylation is 1. The van der Waals surface area contributed by atoms with Crippen molar-refractivity contribution in [1.82, 2.24) is 9.78 Å². The summed E-state index contributed by atoms with van der Waals surface area (Å²) in [5.74, 6) is 0.346. The Morgan fingerprint density at radius 1 is 1.46 bits per heavy atom. The van der Waals surface area contributed by atoms with E-state index in [0.29, 0.717) is 12.5 Å². The molecule has 3 rings (SSSR count). The van der Waals surface area contributed by atoms with Gasteiger partial charge in [0.25, 0.3) is 5.91 Å². The van der Waals surface area contributed by atoms with Crippen molar-refractivity contribution < 1.29 is 9.53 Å². The Morgan fingerprint density at radius 3 is 2.75 bits per heavy atom. The van der Waals surface area contributed by atoms with E-state index >= 15 is 0 Å². The number of hydrogen-bond acceptors (Lipinski definition) is 3. The molecule has 24 heavy (non-hydrogen) atoms. The average molecular weight is 325 g/mol. The maximum Gasteiger partial charge on any atom is 0.250 e. The zero-order chi connectivity index (χ0) is 17.1. The van der Waals surface area contributed by atoms with Gasteiger partial charge in [-0.2, -0.15) is 5.10 Å². The highest BCUT2D eigenvalue weighted by atomic mass is 16.5. The maximum atomic E-state index is 12.3. The molecule has 2 aromatic rings. The van der Waals surface area contributed by atoms with E-state index in [0.717, 1.165) is 36.6 Å². The SMILES string of the molecule is C=CC(=O)N(Cc1cnn(C)c1C)c1ccc(C2CCOC2)cc1. The summed E-state index contributed by atoms with van der Waals surface area (Å²) in [7, 11) is 1.90. The third-order valence-corrected chi connectivity index (χ3v) is 4.71. The molecule has 1 fully saturated rings. The molecular formula is C19H23N3O2. The highest BCUT2D eigenvalue weighted by Crippen LogP contribution is 2.28. The van der Waals surface area contributed by atoms with Gasteiger partial charge in [-0.05, 0) is 37.1 Å². The molecule has 1 saturated heterocycles. The smallest absolute Gasteiger partial charge is 0.250 e. The highest BCUT2D eigenvalue weighted by Gasteiger charge is 2.19. The predicted molar refractivity (Wildman–Crippen MR) is 94.0 cm³/mol. The first-order valence-electron chi connectivity index (χ1n) is 8.19. The van der Waals surface area contributed by atoms with Crippen molar-refractivity contribution >= 4 is 11.6 Å². The Balaban J connectivity index is 1.84. The highest BCUT2D eigenvalue weighted by molar-refractivity contribution is 6.00. The molecule has 1 aromatic carbocycles. The topological polar surface area (TPSA) is 47.4 Å². The van der Waals surface area contributed by atoms with Gasteiger partial charge in [0.1, 0.15) is 0 Å². The maximum absolute atomic E-state index is 12.3. The lowest BCUT2D eigenvalue weighted by atomic mass is 9.98. The fourth-order valence-electron chi connectivity index (χ4n) is 3.00. The van der Waals surface area contributed by atoms with Crippen molar-refractivity contribution in [2.75, 3.05) is 18.1 Å². The van der Waals surface area contributed by atoms with Crippen LogP contribution in [-0.4, -0.2) is 28.9 Å². The lowest BCUT2D eigenvalue weighted by molar-refractivity contribution is -0.114. The first-order valence-corrected chi connectivity index (χ1v) is 8.19. The Morgan fingerprint density at radius 2 is 2.21 bits per heavy atom. The van der Waals surface area contributed by atoms with E-state index in [9.17, 15) is 4.79 Å². The first kappa shape index (κ1) is 16.5.